The average Bonchev–Trinajstić information content (AvgIpc) is 2.84. The molecule has 33 heavy (non-hydrogen) atoms. The van der Waals surface area contributed by atoms with Gasteiger partial charge in [-0.05, 0) is 72.5 Å². The predicted octanol–water partition coefficient (Wildman–Crippen LogP) is 4.19. The van der Waals surface area contributed by atoms with E-state index in [2.05, 4.69) is 12.6 Å². The van der Waals surface area contributed by atoms with Gasteiger partial charge >= 0.3 is 11.9 Å². The van der Waals surface area contributed by atoms with Gasteiger partial charge in [-0.2, -0.15) is 5.26 Å². The van der Waals surface area contributed by atoms with Gasteiger partial charge in [0.1, 0.15) is 17.2 Å². The van der Waals surface area contributed by atoms with Gasteiger partial charge in [0.2, 0.25) is 0 Å². The second kappa shape index (κ2) is 11.1. The monoisotopic (exact) mass is 441 g/mol. The third-order valence-electron chi connectivity index (χ3n) is 4.68. The fraction of sp³-hybridized carbons (Fsp3) is 0.0769. The smallest absolute Gasteiger partial charge is 0.343 e. The lowest BCUT2D eigenvalue weighted by atomic mass is 10.00. The summed E-state index contributed by atoms with van der Waals surface area (Å²) in [5.74, 6) is -0.217. The topological polar surface area (TPSA) is 103 Å². The molecule has 0 atom stereocenters. The molecule has 7 heteroatoms. The van der Waals surface area contributed by atoms with E-state index in [0.717, 1.165) is 17.2 Å². The van der Waals surface area contributed by atoms with Crippen molar-refractivity contribution in [2.45, 2.75) is 12.8 Å². The van der Waals surface area contributed by atoms with Crippen molar-refractivity contribution in [2.24, 2.45) is 0 Å². The van der Waals surface area contributed by atoms with Gasteiger partial charge in [-0.25, -0.2) is 9.59 Å². The van der Waals surface area contributed by atoms with Crippen molar-refractivity contribution in [3.05, 3.63) is 102 Å². The lowest BCUT2D eigenvalue weighted by Crippen LogP contribution is -2.09. The number of carbonyl (C=O) groups excluding carboxylic acids is 3. The third kappa shape index (κ3) is 6.39. The molecule has 0 aliphatic carbocycles. The number of esters is 2. The Morgan fingerprint density at radius 3 is 2.18 bits per heavy atom. The lowest BCUT2D eigenvalue weighted by molar-refractivity contribution is -0.129. The zero-order valence-electron chi connectivity index (χ0n) is 17.5. The van der Waals surface area contributed by atoms with Crippen molar-refractivity contribution in [1.82, 2.24) is 0 Å². The van der Waals surface area contributed by atoms with Gasteiger partial charge in [0.25, 0.3) is 6.47 Å². The molecule has 0 unspecified atom stereocenters. The van der Waals surface area contributed by atoms with Crippen LogP contribution in [0.2, 0.25) is 0 Å². The van der Waals surface area contributed by atoms with Crippen LogP contribution >= 0.6 is 0 Å². The largest absolute Gasteiger partial charge is 0.429 e. The van der Waals surface area contributed by atoms with Crippen molar-refractivity contribution in [2.75, 3.05) is 0 Å². The van der Waals surface area contributed by atoms with Crippen LogP contribution in [0, 0.1) is 11.3 Å². The summed E-state index contributed by atoms with van der Waals surface area (Å²) in [6, 6.07) is 20.0. The highest BCUT2D eigenvalue weighted by atomic mass is 16.5. The van der Waals surface area contributed by atoms with E-state index in [1.54, 1.807) is 24.3 Å². The zero-order chi connectivity index (χ0) is 23.6. The summed E-state index contributed by atoms with van der Waals surface area (Å²) in [5.41, 5.74) is 2.51. The molecule has 0 saturated carbocycles. The van der Waals surface area contributed by atoms with E-state index in [1.165, 1.54) is 30.3 Å². The Kier molecular flexibility index (Phi) is 7.71. The molecule has 0 aliphatic heterocycles. The first kappa shape index (κ1) is 23.0. The molecular formula is C26H19NO6. The molecule has 3 rings (SSSR count). The van der Waals surface area contributed by atoms with E-state index in [4.69, 9.17) is 14.2 Å². The van der Waals surface area contributed by atoms with Crippen LogP contribution in [-0.4, -0.2) is 18.4 Å². The Balaban J connectivity index is 1.63. The van der Waals surface area contributed by atoms with Crippen LogP contribution < -0.4 is 14.2 Å². The highest BCUT2D eigenvalue weighted by Crippen LogP contribution is 2.22. The molecule has 0 spiro atoms. The fourth-order valence-electron chi connectivity index (χ4n) is 2.99. The number of hydrogen-bond donors (Lipinski definition) is 0. The van der Waals surface area contributed by atoms with Crippen molar-refractivity contribution in [3.63, 3.8) is 0 Å². The first-order valence-corrected chi connectivity index (χ1v) is 9.91. The molecule has 0 bridgehead atoms. The Labute approximate surface area is 190 Å². The van der Waals surface area contributed by atoms with E-state index in [9.17, 15) is 19.6 Å². The van der Waals surface area contributed by atoms with E-state index in [1.807, 2.05) is 12.1 Å². The van der Waals surface area contributed by atoms with E-state index in [0.29, 0.717) is 30.6 Å². The minimum absolute atomic E-state index is 0.248. The molecule has 0 fully saturated rings. The minimum Gasteiger partial charge on any atom is -0.429 e. The SMILES string of the molecule is C=CC(=O)Oc1ccc(C(=O)Oc2ccc(CCc3ccc(OC=O)cc3)c(C#N)c2)cc1. The van der Waals surface area contributed by atoms with Crippen molar-refractivity contribution < 1.29 is 28.6 Å². The summed E-state index contributed by atoms with van der Waals surface area (Å²) in [5, 5.41) is 9.52. The van der Waals surface area contributed by atoms with Gasteiger partial charge in [0.15, 0.2) is 0 Å². The maximum Gasteiger partial charge on any atom is 0.343 e. The van der Waals surface area contributed by atoms with Gasteiger partial charge in [-0.1, -0.05) is 24.8 Å². The molecule has 0 aromatic heterocycles. The minimum atomic E-state index is -0.606. The highest BCUT2D eigenvalue weighted by Gasteiger charge is 2.12. The number of benzene rings is 3. The van der Waals surface area contributed by atoms with Gasteiger partial charge in [-0.15, -0.1) is 0 Å². The molecule has 164 valence electrons. The van der Waals surface area contributed by atoms with Gasteiger partial charge in [0.05, 0.1) is 17.2 Å². The van der Waals surface area contributed by atoms with Crippen LogP contribution in [-0.2, 0) is 22.4 Å². The third-order valence-corrected chi connectivity index (χ3v) is 4.68. The molecule has 0 N–H and O–H groups in total. The standard InChI is InChI=1S/C26H19NO6/c1-2-25(29)32-23-12-8-20(9-13-23)26(30)33-24-14-7-19(21(15-24)16-27)6-3-18-4-10-22(11-5-18)31-17-28/h2,4-5,7-15,17H,1,3,6H2. The summed E-state index contributed by atoms with van der Waals surface area (Å²) in [6.07, 6.45) is 2.33. The first-order chi connectivity index (χ1) is 16.0. The number of carbonyl (C=O) groups is 3. The molecule has 3 aromatic carbocycles. The number of aryl methyl sites for hydroxylation is 2. The second-order valence-electron chi connectivity index (χ2n) is 6.83. The Hall–Kier alpha value is -4.70. The van der Waals surface area contributed by atoms with Crippen LogP contribution in [0.3, 0.4) is 0 Å². The molecular weight excluding hydrogens is 422 g/mol. The van der Waals surface area contributed by atoms with Gasteiger partial charge < -0.3 is 14.2 Å². The number of hydrogen-bond acceptors (Lipinski definition) is 7. The molecule has 7 nitrogen and oxygen atoms in total. The fourth-order valence-corrected chi connectivity index (χ4v) is 2.99. The molecule has 0 saturated heterocycles. The van der Waals surface area contributed by atoms with Crippen LogP contribution in [0.15, 0.2) is 79.4 Å². The van der Waals surface area contributed by atoms with Crippen molar-refractivity contribution in [1.29, 1.82) is 5.26 Å². The van der Waals surface area contributed by atoms with E-state index in [-0.39, 0.29) is 17.1 Å². The van der Waals surface area contributed by atoms with E-state index >= 15 is 0 Å². The molecule has 0 heterocycles. The normalized spacial score (nSPS) is 9.91. The van der Waals surface area contributed by atoms with Crippen LogP contribution in [0.5, 0.6) is 17.2 Å². The Morgan fingerprint density at radius 1 is 0.879 bits per heavy atom. The number of ether oxygens (including phenoxy) is 3. The van der Waals surface area contributed by atoms with Crippen molar-refractivity contribution >= 4 is 18.4 Å². The van der Waals surface area contributed by atoms with Crippen LogP contribution in [0.4, 0.5) is 0 Å². The Morgan fingerprint density at radius 2 is 1.55 bits per heavy atom. The maximum atomic E-state index is 12.4. The van der Waals surface area contributed by atoms with Crippen LogP contribution in [0.25, 0.3) is 0 Å². The summed E-state index contributed by atoms with van der Waals surface area (Å²) < 4.78 is 15.1. The number of nitriles is 1. The quantitative estimate of drug-likeness (QED) is 0.212. The van der Waals surface area contributed by atoms with Gasteiger partial charge in [-0.3, -0.25) is 4.79 Å². The molecule has 0 radical (unpaired) electrons. The summed E-state index contributed by atoms with van der Waals surface area (Å²) >= 11 is 0. The summed E-state index contributed by atoms with van der Waals surface area (Å²) in [7, 11) is 0. The van der Waals surface area contributed by atoms with Crippen LogP contribution in [0.1, 0.15) is 27.0 Å². The first-order valence-electron chi connectivity index (χ1n) is 9.91. The molecule has 0 aliphatic rings. The zero-order valence-corrected chi connectivity index (χ0v) is 17.5. The van der Waals surface area contributed by atoms with E-state index < -0.39 is 11.9 Å². The maximum absolute atomic E-state index is 12.4. The van der Waals surface area contributed by atoms with Crippen molar-refractivity contribution in [3.8, 4) is 23.3 Å². The summed E-state index contributed by atoms with van der Waals surface area (Å²) in [4.78, 5) is 34.0. The predicted molar refractivity (Wildman–Crippen MR) is 119 cm³/mol. The molecule has 0 amide bonds. The Bertz CT molecular complexity index is 1210. The second-order valence-corrected chi connectivity index (χ2v) is 6.83. The molecule has 3 aromatic rings. The van der Waals surface area contributed by atoms with Gasteiger partial charge in [0, 0.05) is 6.08 Å². The number of nitrogens with zero attached hydrogens (tertiary/aromatic N) is 1. The number of rotatable bonds is 9. The summed E-state index contributed by atoms with van der Waals surface area (Å²) in [6.45, 7) is 3.69. The average molecular weight is 441 g/mol. The lowest BCUT2D eigenvalue weighted by Gasteiger charge is -2.09. The highest BCUT2D eigenvalue weighted by molar-refractivity contribution is 5.91.